The largest absolute Gasteiger partial charge is 0.480 e. The van der Waals surface area contributed by atoms with E-state index in [1.54, 1.807) is 20.8 Å². The highest BCUT2D eigenvalue weighted by Gasteiger charge is 2.20. The second kappa shape index (κ2) is 10.5. The summed E-state index contributed by atoms with van der Waals surface area (Å²) in [5.74, 6) is -1.14. The Morgan fingerprint density at radius 2 is 1.87 bits per heavy atom. The molecule has 0 saturated heterocycles. The Morgan fingerprint density at radius 1 is 1.22 bits per heavy atom. The number of nitrogens with one attached hydrogen (secondary N) is 2. The van der Waals surface area contributed by atoms with Crippen molar-refractivity contribution < 1.29 is 29.0 Å². The van der Waals surface area contributed by atoms with Gasteiger partial charge < -0.3 is 25.2 Å². The molecule has 0 aliphatic rings. The first-order chi connectivity index (χ1) is 10.7. The van der Waals surface area contributed by atoms with Gasteiger partial charge in [-0.05, 0) is 40.0 Å². The zero-order valence-electron chi connectivity index (χ0n) is 13.9. The molecular weight excluding hydrogens is 304 g/mol. The summed E-state index contributed by atoms with van der Waals surface area (Å²) >= 11 is 0. The molecule has 0 aromatic rings. The van der Waals surface area contributed by atoms with Crippen molar-refractivity contribution in [3.05, 3.63) is 12.7 Å². The molecule has 23 heavy (non-hydrogen) atoms. The van der Waals surface area contributed by atoms with Gasteiger partial charge in [-0.2, -0.15) is 0 Å². The van der Waals surface area contributed by atoms with Crippen LogP contribution in [-0.2, 0) is 14.3 Å². The summed E-state index contributed by atoms with van der Waals surface area (Å²) < 4.78 is 9.74. The van der Waals surface area contributed by atoms with Gasteiger partial charge in [-0.1, -0.05) is 12.7 Å². The fourth-order valence-electron chi connectivity index (χ4n) is 1.55. The number of carboxylic acid groups (broad SMARTS) is 1. The van der Waals surface area contributed by atoms with E-state index in [1.807, 2.05) is 0 Å². The molecule has 8 nitrogen and oxygen atoms in total. The van der Waals surface area contributed by atoms with E-state index >= 15 is 0 Å². The predicted octanol–water partition coefficient (Wildman–Crippen LogP) is 2.05. The fourth-order valence-corrected chi connectivity index (χ4v) is 1.55. The van der Waals surface area contributed by atoms with Gasteiger partial charge in [0.25, 0.3) is 0 Å². The van der Waals surface area contributed by atoms with Crippen molar-refractivity contribution >= 4 is 18.2 Å². The first-order valence-corrected chi connectivity index (χ1v) is 7.39. The summed E-state index contributed by atoms with van der Waals surface area (Å²) in [7, 11) is 0. The Kier molecular flexibility index (Phi) is 9.45. The lowest BCUT2D eigenvalue weighted by atomic mass is 10.1. The number of ether oxygens (including phenoxy) is 2. The third kappa shape index (κ3) is 12.0. The predicted molar refractivity (Wildman–Crippen MR) is 84.2 cm³/mol. The molecule has 0 fully saturated rings. The van der Waals surface area contributed by atoms with Crippen molar-refractivity contribution in [2.75, 3.05) is 13.2 Å². The van der Waals surface area contributed by atoms with Gasteiger partial charge in [-0.3, -0.25) is 0 Å². The quantitative estimate of drug-likeness (QED) is 0.440. The summed E-state index contributed by atoms with van der Waals surface area (Å²) in [5.41, 5.74) is -0.561. The maximum atomic E-state index is 11.4. The second-order valence-electron chi connectivity index (χ2n) is 5.85. The van der Waals surface area contributed by atoms with Gasteiger partial charge in [0, 0.05) is 6.54 Å². The fraction of sp³-hybridized carbons (Fsp3) is 0.667. The zero-order valence-corrected chi connectivity index (χ0v) is 13.9. The third-order valence-corrected chi connectivity index (χ3v) is 2.51. The second-order valence-corrected chi connectivity index (χ2v) is 5.85. The molecule has 0 saturated carbocycles. The van der Waals surface area contributed by atoms with Gasteiger partial charge in [0.15, 0.2) is 0 Å². The molecule has 0 aromatic carbocycles. The minimum atomic E-state index is -1.14. The van der Waals surface area contributed by atoms with Gasteiger partial charge in [0.1, 0.15) is 18.2 Å². The van der Waals surface area contributed by atoms with Crippen LogP contribution in [0.3, 0.4) is 0 Å². The average Bonchev–Trinajstić information content (AvgIpc) is 2.41. The monoisotopic (exact) mass is 330 g/mol. The molecule has 0 aliphatic carbocycles. The van der Waals surface area contributed by atoms with E-state index in [-0.39, 0.29) is 13.0 Å². The molecule has 0 radical (unpaired) electrons. The van der Waals surface area contributed by atoms with E-state index in [1.165, 1.54) is 6.08 Å². The molecule has 1 unspecified atom stereocenters. The van der Waals surface area contributed by atoms with Crippen molar-refractivity contribution in [1.29, 1.82) is 0 Å². The SMILES string of the molecule is C=CCOC(=O)NC(CCCCNC(=O)OC(C)(C)C)C(=O)O. The van der Waals surface area contributed by atoms with Gasteiger partial charge >= 0.3 is 18.2 Å². The lowest BCUT2D eigenvalue weighted by Gasteiger charge is -2.19. The average molecular weight is 330 g/mol. The Bertz CT molecular complexity index is 417. The maximum Gasteiger partial charge on any atom is 0.408 e. The van der Waals surface area contributed by atoms with Crippen LogP contribution in [0.15, 0.2) is 12.7 Å². The lowest BCUT2D eigenvalue weighted by molar-refractivity contribution is -0.139. The van der Waals surface area contributed by atoms with Gasteiger partial charge in [0.2, 0.25) is 0 Å². The lowest BCUT2D eigenvalue weighted by Crippen LogP contribution is -2.41. The van der Waals surface area contributed by atoms with Gasteiger partial charge in [-0.25, -0.2) is 14.4 Å². The van der Waals surface area contributed by atoms with E-state index in [0.29, 0.717) is 19.4 Å². The Balaban J connectivity index is 3.97. The number of carboxylic acids is 1. The first kappa shape index (κ1) is 20.8. The minimum Gasteiger partial charge on any atom is -0.480 e. The van der Waals surface area contributed by atoms with Crippen molar-refractivity contribution in [3.8, 4) is 0 Å². The van der Waals surface area contributed by atoms with Gasteiger partial charge in [-0.15, -0.1) is 0 Å². The number of carbonyl (C=O) groups is 3. The molecular formula is C15H26N2O6. The number of aliphatic carboxylic acids is 1. The Morgan fingerprint density at radius 3 is 2.39 bits per heavy atom. The van der Waals surface area contributed by atoms with Crippen molar-refractivity contribution in [2.24, 2.45) is 0 Å². The van der Waals surface area contributed by atoms with Crippen LogP contribution >= 0.6 is 0 Å². The van der Waals surface area contributed by atoms with Crippen molar-refractivity contribution in [3.63, 3.8) is 0 Å². The number of hydrogen-bond acceptors (Lipinski definition) is 5. The van der Waals surface area contributed by atoms with Crippen molar-refractivity contribution in [1.82, 2.24) is 10.6 Å². The summed E-state index contributed by atoms with van der Waals surface area (Å²) in [5, 5.41) is 13.9. The Hall–Kier alpha value is -2.25. The van der Waals surface area contributed by atoms with Crippen LogP contribution in [0.2, 0.25) is 0 Å². The molecule has 0 aromatic heterocycles. The number of amides is 2. The van der Waals surface area contributed by atoms with E-state index in [2.05, 4.69) is 21.9 Å². The number of carbonyl (C=O) groups excluding carboxylic acids is 2. The molecule has 3 N–H and O–H groups in total. The Labute approximate surface area is 136 Å². The van der Waals surface area contributed by atoms with Crippen LogP contribution in [-0.4, -0.2) is 48.1 Å². The summed E-state index contributed by atoms with van der Waals surface area (Å²) in [6.45, 7) is 9.06. The maximum absolute atomic E-state index is 11.4. The molecule has 0 rings (SSSR count). The first-order valence-electron chi connectivity index (χ1n) is 7.39. The molecule has 0 aliphatic heterocycles. The van der Waals surface area contributed by atoms with E-state index in [9.17, 15) is 14.4 Å². The number of hydrogen-bond donors (Lipinski definition) is 3. The minimum absolute atomic E-state index is 0.0119. The van der Waals surface area contributed by atoms with Crippen LogP contribution in [0.5, 0.6) is 0 Å². The van der Waals surface area contributed by atoms with E-state index in [0.717, 1.165) is 0 Å². The summed E-state index contributed by atoms with van der Waals surface area (Å²) in [4.78, 5) is 33.8. The van der Waals surface area contributed by atoms with E-state index in [4.69, 9.17) is 9.84 Å². The molecule has 132 valence electrons. The normalized spacial score (nSPS) is 12.0. The molecule has 0 heterocycles. The van der Waals surface area contributed by atoms with Crippen LogP contribution in [0.25, 0.3) is 0 Å². The highest BCUT2D eigenvalue weighted by molar-refractivity contribution is 5.79. The summed E-state index contributed by atoms with van der Waals surface area (Å²) in [6, 6.07) is -1.03. The highest BCUT2D eigenvalue weighted by Crippen LogP contribution is 2.07. The molecule has 2 amide bonds. The number of alkyl carbamates (subject to hydrolysis) is 2. The number of rotatable bonds is 9. The van der Waals surface area contributed by atoms with Crippen molar-refractivity contribution in [2.45, 2.75) is 51.7 Å². The molecule has 0 bridgehead atoms. The van der Waals surface area contributed by atoms with Crippen LogP contribution in [0.4, 0.5) is 9.59 Å². The zero-order chi connectivity index (χ0) is 17.9. The van der Waals surface area contributed by atoms with Crippen LogP contribution in [0, 0.1) is 0 Å². The standard InChI is InChI=1S/C15H26N2O6/c1-5-10-22-14(21)17-11(12(18)19)8-6-7-9-16-13(20)23-15(2,3)4/h5,11H,1,6-10H2,2-4H3,(H,16,20)(H,17,21)(H,18,19). The van der Waals surface area contributed by atoms with Crippen LogP contribution < -0.4 is 10.6 Å². The third-order valence-electron chi connectivity index (χ3n) is 2.51. The topological polar surface area (TPSA) is 114 Å². The van der Waals surface area contributed by atoms with E-state index < -0.39 is 29.8 Å². The summed E-state index contributed by atoms with van der Waals surface area (Å²) in [6.07, 6.45) is 1.37. The van der Waals surface area contributed by atoms with Gasteiger partial charge in [0.05, 0.1) is 0 Å². The molecule has 0 spiro atoms. The molecule has 1 atom stereocenters. The molecule has 8 heteroatoms. The highest BCUT2D eigenvalue weighted by atomic mass is 16.6. The van der Waals surface area contributed by atoms with Crippen LogP contribution in [0.1, 0.15) is 40.0 Å². The number of unbranched alkanes of at least 4 members (excludes halogenated alkanes) is 1. The smallest absolute Gasteiger partial charge is 0.408 e.